The van der Waals surface area contributed by atoms with E-state index >= 15 is 0 Å². The third kappa shape index (κ3) is 2.30. The van der Waals surface area contributed by atoms with E-state index in [9.17, 15) is 4.79 Å². The topological polar surface area (TPSA) is 68.0 Å². The second-order valence-electron chi connectivity index (χ2n) is 4.23. The zero-order valence-corrected chi connectivity index (χ0v) is 11.0. The van der Waals surface area contributed by atoms with Crippen LogP contribution in [-0.2, 0) is 4.79 Å². The summed E-state index contributed by atoms with van der Waals surface area (Å²) in [5.41, 5.74) is 7.89. The monoisotopic (exact) mass is 263 g/mol. The fourth-order valence-corrected chi connectivity index (χ4v) is 2.06. The first kappa shape index (κ1) is 12.8. The Morgan fingerprint density at radius 1 is 1.56 bits per heavy atom. The molecule has 0 aliphatic heterocycles. The van der Waals surface area contributed by atoms with Crippen LogP contribution in [0.25, 0.3) is 10.9 Å². The number of nitrogens with one attached hydrogen (secondary N) is 1. The van der Waals surface area contributed by atoms with Gasteiger partial charge in [0.15, 0.2) is 0 Å². The Hall–Kier alpha value is -1.65. The van der Waals surface area contributed by atoms with Gasteiger partial charge >= 0.3 is 0 Å². The maximum atomic E-state index is 11.7. The van der Waals surface area contributed by atoms with Gasteiger partial charge in [-0.3, -0.25) is 9.78 Å². The molecule has 1 aromatic carbocycles. The molecule has 4 nitrogen and oxygen atoms in total. The van der Waals surface area contributed by atoms with Crippen molar-refractivity contribution >= 4 is 34.1 Å². The predicted octanol–water partition coefficient (Wildman–Crippen LogP) is 2.48. The molecule has 0 aliphatic rings. The molecule has 5 heteroatoms. The molecule has 0 bridgehead atoms. The number of hydrogen-bond donors (Lipinski definition) is 2. The molecular formula is C13H14ClN3O. The molecule has 2 aromatic rings. The molecule has 0 fully saturated rings. The average molecular weight is 264 g/mol. The lowest BCUT2D eigenvalue weighted by molar-refractivity contribution is -0.117. The molecule has 0 aliphatic carbocycles. The molecule has 1 aromatic heterocycles. The summed E-state index contributed by atoms with van der Waals surface area (Å²) in [7, 11) is 0. The fraction of sp³-hybridized carbons (Fsp3) is 0.231. The van der Waals surface area contributed by atoms with E-state index in [-0.39, 0.29) is 5.91 Å². The van der Waals surface area contributed by atoms with Crippen LogP contribution in [0, 0.1) is 6.92 Å². The van der Waals surface area contributed by atoms with Gasteiger partial charge in [0.1, 0.15) is 0 Å². The number of fused-ring (bicyclic) bond motifs is 1. The normalized spacial score (nSPS) is 12.4. The second-order valence-corrected chi connectivity index (χ2v) is 4.63. The van der Waals surface area contributed by atoms with Gasteiger partial charge in [0.2, 0.25) is 5.91 Å². The molecule has 1 amide bonds. The third-order valence-electron chi connectivity index (χ3n) is 2.69. The van der Waals surface area contributed by atoms with Crippen molar-refractivity contribution in [2.24, 2.45) is 5.73 Å². The Morgan fingerprint density at radius 3 is 2.94 bits per heavy atom. The van der Waals surface area contributed by atoms with E-state index in [4.69, 9.17) is 17.3 Å². The number of rotatable bonds is 2. The van der Waals surface area contributed by atoms with Crippen molar-refractivity contribution in [2.45, 2.75) is 19.9 Å². The first-order valence-electron chi connectivity index (χ1n) is 5.61. The van der Waals surface area contributed by atoms with E-state index in [2.05, 4.69) is 10.3 Å². The quantitative estimate of drug-likeness (QED) is 0.875. The molecule has 0 radical (unpaired) electrons. The van der Waals surface area contributed by atoms with Crippen LogP contribution in [-0.4, -0.2) is 16.9 Å². The summed E-state index contributed by atoms with van der Waals surface area (Å²) < 4.78 is 0. The number of carbonyl (C=O) groups is 1. The maximum Gasteiger partial charge on any atom is 0.241 e. The lowest BCUT2D eigenvalue weighted by atomic mass is 10.1. The van der Waals surface area contributed by atoms with Gasteiger partial charge in [-0.25, -0.2) is 0 Å². The van der Waals surface area contributed by atoms with Crippen LogP contribution in [0.4, 0.5) is 5.69 Å². The summed E-state index contributed by atoms with van der Waals surface area (Å²) in [6.07, 6.45) is 1.71. The molecule has 0 saturated carbocycles. The van der Waals surface area contributed by atoms with Crippen LogP contribution >= 0.6 is 11.6 Å². The molecule has 94 valence electrons. The van der Waals surface area contributed by atoms with Crippen molar-refractivity contribution in [2.75, 3.05) is 5.32 Å². The summed E-state index contributed by atoms with van der Waals surface area (Å²) >= 11 is 6.17. The van der Waals surface area contributed by atoms with Crippen molar-refractivity contribution in [1.29, 1.82) is 0 Å². The molecule has 0 unspecified atom stereocenters. The summed E-state index contributed by atoms with van der Waals surface area (Å²) in [5.74, 6) is -0.272. The Morgan fingerprint density at radius 2 is 2.28 bits per heavy atom. The number of anilines is 1. The highest BCUT2D eigenvalue weighted by atomic mass is 35.5. The van der Waals surface area contributed by atoms with Crippen molar-refractivity contribution < 1.29 is 4.79 Å². The van der Waals surface area contributed by atoms with Crippen LogP contribution in [0.3, 0.4) is 0 Å². The van der Waals surface area contributed by atoms with E-state index in [0.717, 1.165) is 16.5 Å². The highest BCUT2D eigenvalue weighted by molar-refractivity contribution is 6.35. The summed E-state index contributed by atoms with van der Waals surface area (Å²) in [4.78, 5) is 16.0. The highest BCUT2D eigenvalue weighted by Crippen LogP contribution is 2.32. The molecular weight excluding hydrogens is 250 g/mol. The summed E-state index contributed by atoms with van der Waals surface area (Å²) in [5, 5.41) is 4.05. The lowest BCUT2D eigenvalue weighted by Crippen LogP contribution is -2.32. The average Bonchev–Trinajstić information content (AvgIpc) is 2.34. The minimum atomic E-state index is -0.589. The number of hydrogen-bond acceptors (Lipinski definition) is 3. The van der Waals surface area contributed by atoms with Crippen LogP contribution in [0.5, 0.6) is 0 Å². The SMILES string of the molecule is Cc1cc(Cl)c(NC(=O)[C@H](C)N)c2cccnc12. The Labute approximate surface area is 110 Å². The van der Waals surface area contributed by atoms with Crippen molar-refractivity contribution in [3.05, 3.63) is 35.0 Å². The molecule has 1 atom stereocenters. The number of nitrogens with two attached hydrogens (primary N) is 1. The van der Waals surface area contributed by atoms with Crippen LogP contribution in [0.15, 0.2) is 24.4 Å². The zero-order valence-electron chi connectivity index (χ0n) is 10.2. The number of benzene rings is 1. The fourth-order valence-electron chi connectivity index (χ4n) is 1.74. The first-order valence-corrected chi connectivity index (χ1v) is 5.98. The Kier molecular flexibility index (Phi) is 3.50. The number of halogens is 1. The first-order chi connectivity index (χ1) is 8.50. The molecule has 18 heavy (non-hydrogen) atoms. The van der Waals surface area contributed by atoms with Gasteiger partial charge in [-0.2, -0.15) is 0 Å². The zero-order chi connectivity index (χ0) is 13.3. The van der Waals surface area contributed by atoms with Crippen LogP contribution in [0.1, 0.15) is 12.5 Å². The van der Waals surface area contributed by atoms with Crippen LogP contribution < -0.4 is 11.1 Å². The van der Waals surface area contributed by atoms with Gasteiger partial charge < -0.3 is 11.1 Å². The van der Waals surface area contributed by atoms with E-state index in [1.807, 2.05) is 13.0 Å². The van der Waals surface area contributed by atoms with E-state index in [1.165, 1.54) is 0 Å². The smallest absolute Gasteiger partial charge is 0.241 e. The van der Waals surface area contributed by atoms with Crippen molar-refractivity contribution in [1.82, 2.24) is 4.98 Å². The molecule has 1 heterocycles. The standard InChI is InChI=1S/C13H14ClN3O/c1-7-6-10(14)12(17-13(18)8(2)15)9-4-3-5-16-11(7)9/h3-6,8H,15H2,1-2H3,(H,17,18)/t8-/m0/s1. The molecule has 0 saturated heterocycles. The number of aromatic nitrogens is 1. The largest absolute Gasteiger partial charge is 0.323 e. The highest BCUT2D eigenvalue weighted by Gasteiger charge is 2.14. The van der Waals surface area contributed by atoms with Gasteiger partial charge in [-0.1, -0.05) is 11.6 Å². The summed E-state index contributed by atoms with van der Waals surface area (Å²) in [6.45, 7) is 3.55. The molecule has 2 rings (SSSR count). The van der Waals surface area contributed by atoms with E-state index in [0.29, 0.717) is 10.7 Å². The minimum Gasteiger partial charge on any atom is -0.323 e. The number of pyridine rings is 1. The van der Waals surface area contributed by atoms with E-state index in [1.54, 1.807) is 25.3 Å². The van der Waals surface area contributed by atoms with Gasteiger partial charge in [-0.15, -0.1) is 0 Å². The van der Waals surface area contributed by atoms with Crippen molar-refractivity contribution in [3.63, 3.8) is 0 Å². The van der Waals surface area contributed by atoms with Gasteiger partial charge in [-0.05, 0) is 37.6 Å². The Bertz CT molecular complexity index is 610. The van der Waals surface area contributed by atoms with Crippen LogP contribution in [0.2, 0.25) is 5.02 Å². The van der Waals surface area contributed by atoms with Gasteiger partial charge in [0, 0.05) is 11.6 Å². The van der Waals surface area contributed by atoms with E-state index < -0.39 is 6.04 Å². The van der Waals surface area contributed by atoms with Crippen molar-refractivity contribution in [3.8, 4) is 0 Å². The predicted molar refractivity (Wildman–Crippen MR) is 73.8 cm³/mol. The maximum absolute atomic E-state index is 11.7. The number of aryl methyl sites for hydroxylation is 1. The second kappa shape index (κ2) is 4.92. The summed E-state index contributed by atoms with van der Waals surface area (Å²) in [6, 6.07) is 4.87. The lowest BCUT2D eigenvalue weighted by Gasteiger charge is -2.13. The van der Waals surface area contributed by atoms with Gasteiger partial charge in [0.05, 0.1) is 22.3 Å². The minimum absolute atomic E-state index is 0.272. The van der Waals surface area contributed by atoms with Gasteiger partial charge in [0.25, 0.3) is 0 Å². The molecule has 0 spiro atoms. The number of nitrogens with zero attached hydrogens (tertiary/aromatic N) is 1. The third-order valence-corrected chi connectivity index (χ3v) is 2.99. The molecule has 3 N–H and O–H groups in total. The Balaban J connectivity index is 2.59. The number of carbonyl (C=O) groups excluding carboxylic acids is 1. The number of amides is 1.